The zero-order valence-electron chi connectivity index (χ0n) is 13.8. The molecule has 1 unspecified atom stereocenters. The fraction of sp³-hybridized carbons (Fsp3) is 0.733. The van der Waals surface area contributed by atoms with Crippen molar-refractivity contribution in [3.8, 4) is 0 Å². The Balaban J connectivity index is 3.02. The highest BCUT2D eigenvalue weighted by atomic mass is 32.2. The molecule has 21 heavy (non-hydrogen) atoms. The highest BCUT2D eigenvalue weighted by Crippen LogP contribution is 2.28. The lowest BCUT2D eigenvalue weighted by Gasteiger charge is -2.23. The Morgan fingerprint density at radius 1 is 1.33 bits per heavy atom. The summed E-state index contributed by atoms with van der Waals surface area (Å²) in [6, 6.07) is 1.83. The normalized spacial score (nSPS) is 13.8. The van der Waals surface area contributed by atoms with Crippen molar-refractivity contribution in [2.45, 2.75) is 52.5 Å². The Hall–Kier alpha value is -0.430. The van der Waals surface area contributed by atoms with Gasteiger partial charge in [0.05, 0.1) is 4.90 Å². The molecule has 1 aromatic heterocycles. The van der Waals surface area contributed by atoms with Crippen LogP contribution in [0.3, 0.4) is 0 Å². The van der Waals surface area contributed by atoms with Crippen molar-refractivity contribution in [2.24, 2.45) is 5.92 Å². The molecule has 0 radical (unpaired) electrons. The first-order valence-corrected chi connectivity index (χ1v) is 9.92. The molecule has 0 aliphatic carbocycles. The summed E-state index contributed by atoms with van der Waals surface area (Å²) in [7, 11) is -3.38. The van der Waals surface area contributed by atoms with Crippen LogP contribution in [-0.2, 0) is 16.6 Å². The molecule has 6 heteroatoms. The van der Waals surface area contributed by atoms with E-state index in [2.05, 4.69) is 19.2 Å². The topological polar surface area (TPSA) is 49.4 Å². The van der Waals surface area contributed by atoms with Crippen molar-refractivity contribution in [1.82, 2.24) is 9.62 Å². The highest BCUT2D eigenvalue weighted by molar-refractivity contribution is 7.89. The van der Waals surface area contributed by atoms with E-state index in [-0.39, 0.29) is 0 Å². The average Bonchev–Trinajstić information content (AvgIpc) is 2.83. The summed E-state index contributed by atoms with van der Waals surface area (Å²) in [6.07, 6.45) is 0.986. The monoisotopic (exact) mass is 332 g/mol. The number of nitrogens with zero attached hydrogens (tertiary/aromatic N) is 1. The second kappa shape index (κ2) is 8.27. The molecule has 0 aliphatic rings. The van der Waals surface area contributed by atoms with Crippen molar-refractivity contribution in [3.05, 3.63) is 15.8 Å². The molecule has 0 bridgehead atoms. The van der Waals surface area contributed by atoms with E-state index in [4.69, 9.17) is 0 Å². The molecule has 0 aliphatic heterocycles. The summed E-state index contributed by atoms with van der Waals surface area (Å²) in [5.41, 5.74) is 0. The van der Waals surface area contributed by atoms with Gasteiger partial charge < -0.3 is 5.32 Å². The maximum atomic E-state index is 12.8. The smallest absolute Gasteiger partial charge is 0.244 e. The number of nitrogens with one attached hydrogen (secondary N) is 1. The SMILES string of the molecule is CCNCc1cc(S(=O)(=O)N(CC)CC(C)CC)c(C)s1. The van der Waals surface area contributed by atoms with E-state index in [9.17, 15) is 8.42 Å². The van der Waals surface area contributed by atoms with Gasteiger partial charge in [-0.3, -0.25) is 0 Å². The van der Waals surface area contributed by atoms with Crippen LogP contribution in [0.25, 0.3) is 0 Å². The summed E-state index contributed by atoms with van der Waals surface area (Å²) >= 11 is 1.57. The number of aryl methyl sites for hydroxylation is 1. The lowest BCUT2D eigenvalue weighted by molar-refractivity contribution is 0.361. The van der Waals surface area contributed by atoms with Crippen LogP contribution in [0.5, 0.6) is 0 Å². The van der Waals surface area contributed by atoms with Crippen molar-refractivity contribution in [1.29, 1.82) is 0 Å². The van der Waals surface area contributed by atoms with Gasteiger partial charge in [0.1, 0.15) is 0 Å². The number of hydrogen-bond acceptors (Lipinski definition) is 4. The van der Waals surface area contributed by atoms with Gasteiger partial charge in [-0.15, -0.1) is 11.3 Å². The summed E-state index contributed by atoms with van der Waals surface area (Å²) in [5, 5.41) is 3.24. The lowest BCUT2D eigenvalue weighted by Crippen LogP contribution is -2.34. The Kier molecular flexibility index (Phi) is 7.33. The molecule has 1 atom stereocenters. The lowest BCUT2D eigenvalue weighted by atomic mass is 10.1. The number of rotatable bonds is 9. The minimum atomic E-state index is -3.38. The fourth-order valence-electron chi connectivity index (χ4n) is 2.13. The van der Waals surface area contributed by atoms with Crippen LogP contribution < -0.4 is 5.32 Å². The third-order valence-corrected chi connectivity index (χ3v) is 6.90. The van der Waals surface area contributed by atoms with E-state index in [0.29, 0.717) is 23.9 Å². The predicted molar refractivity (Wildman–Crippen MR) is 90.3 cm³/mol. The van der Waals surface area contributed by atoms with Crippen LogP contribution in [0.4, 0.5) is 0 Å². The van der Waals surface area contributed by atoms with Crippen LogP contribution >= 0.6 is 11.3 Å². The van der Waals surface area contributed by atoms with Gasteiger partial charge >= 0.3 is 0 Å². The van der Waals surface area contributed by atoms with Crippen LogP contribution in [0.2, 0.25) is 0 Å². The van der Waals surface area contributed by atoms with Crippen molar-refractivity contribution in [3.63, 3.8) is 0 Å². The van der Waals surface area contributed by atoms with E-state index in [0.717, 1.165) is 29.3 Å². The van der Waals surface area contributed by atoms with Gasteiger partial charge in [-0.25, -0.2) is 8.42 Å². The second-order valence-electron chi connectivity index (χ2n) is 5.38. The molecule has 4 nitrogen and oxygen atoms in total. The Bertz CT molecular complexity index is 538. The quantitative estimate of drug-likeness (QED) is 0.755. The summed E-state index contributed by atoms with van der Waals surface area (Å²) < 4.78 is 27.3. The summed E-state index contributed by atoms with van der Waals surface area (Å²) in [6.45, 7) is 12.7. The van der Waals surface area contributed by atoms with Crippen molar-refractivity contribution >= 4 is 21.4 Å². The van der Waals surface area contributed by atoms with Crippen LogP contribution in [-0.4, -0.2) is 32.4 Å². The molecular formula is C15H28N2O2S2. The van der Waals surface area contributed by atoms with Gasteiger partial charge in [0, 0.05) is 29.4 Å². The molecule has 0 saturated carbocycles. The molecule has 122 valence electrons. The summed E-state index contributed by atoms with van der Waals surface area (Å²) in [4.78, 5) is 2.43. The maximum Gasteiger partial charge on any atom is 0.244 e. The molecule has 1 rings (SSSR count). The minimum absolute atomic E-state index is 0.375. The number of hydrogen-bond donors (Lipinski definition) is 1. The first-order valence-electron chi connectivity index (χ1n) is 7.66. The molecule has 0 saturated heterocycles. The third kappa shape index (κ3) is 4.77. The van der Waals surface area contributed by atoms with Crippen molar-refractivity contribution < 1.29 is 8.42 Å². The van der Waals surface area contributed by atoms with Crippen LogP contribution in [0, 0.1) is 12.8 Å². The van der Waals surface area contributed by atoms with Gasteiger partial charge in [0.15, 0.2) is 0 Å². The first kappa shape index (κ1) is 18.6. The van der Waals surface area contributed by atoms with Crippen LogP contribution in [0.1, 0.15) is 43.9 Å². The Morgan fingerprint density at radius 3 is 2.52 bits per heavy atom. The van der Waals surface area contributed by atoms with Gasteiger partial charge in [-0.05, 0) is 25.5 Å². The van der Waals surface area contributed by atoms with E-state index < -0.39 is 10.0 Å². The van der Waals surface area contributed by atoms with E-state index in [1.165, 1.54) is 0 Å². The minimum Gasteiger partial charge on any atom is -0.312 e. The Labute approximate surface area is 133 Å². The van der Waals surface area contributed by atoms with Gasteiger partial charge in [-0.2, -0.15) is 4.31 Å². The predicted octanol–water partition coefficient (Wildman–Crippen LogP) is 3.22. The molecule has 1 aromatic rings. The highest BCUT2D eigenvalue weighted by Gasteiger charge is 2.27. The molecule has 0 aromatic carbocycles. The molecule has 1 heterocycles. The Morgan fingerprint density at radius 2 is 2.00 bits per heavy atom. The third-order valence-electron chi connectivity index (χ3n) is 3.66. The largest absolute Gasteiger partial charge is 0.312 e. The van der Waals surface area contributed by atoms with E-state index >= 15 is 0 Å². The first-order chi connectivity index (χ1) is 9.86. The zero-order valence-corrected chi connectivity index (χ0v) is 15.4. The fourth-order valence-corrected chi connectivity index (χ4v) is 5.27. The van der Waals surface area contributed by atoms with Gasteiger partial charge in [-0.1, -0.05) is 34.1 Å². The molecule has 0 fully saturated rings. The molecule has 0 spiro atoms. The average molecular weight is 333 g/mol. The van der Waals surface area contributed by atoms with E-state index in [1.54, 1.807) is 15.6 Å². The summed E-state index contributed by atoms with van der Waals surface area (Å²) in [5.74, 6) is 0.375. The van der Waals surface area contributed by atoms with Crippen LogP contribution in [0.15, 0.2) is 11.0 Å². The van der Waals surface area contributed by atoms with Gasteiger partial charge in [0.25, 0.3) is 0 Å². The molecule has 1 N–H and O–H groups in total. The number of thiophene rings is 1. The van der Waals surface area contributed by atoms with Crippen molar-refractivity contribution in [2.75, 3.05) is 19.6 Å². The molecule has 0 amide bonds. The molecular weight excluding hydrogens is 304 g/mol. The van der Waals surface area contributed by atoms with E-state index in [1.807, 2.05) is 26.8 Å². The van der Waals surface area contributed by atoms with Gasteiger partial charge in [0.2, 0.25) is 10.0 Å². The second-order valence-corrected chi connectivity index (χ2v) is 8.63. The zero-order chi connectivity index (χ0) is 16.0. The number of sulfonamides is 1. The maximum absolute atomic E-state index is 12.8. The standard InChI is InChI=1S/C15H28N2O2S2/c1-6-12(4)11-17(8-3)21(18,19)15-9-14(10-16-7-2)20-13(15)5/h9,12,16H,6-8,10-11H2,1-5H3.